The number of ether oxygens (including phenoxy) is 2. The monoisotopic (exact) mass is 371 g/mol. The average molecular weight is 371 g/mol. The van der Waals surface area contributed by atoms with Crippen molar-refractivity contribution in [2.75, 3.05) is 17.4 Å². The Bertz CT molecular complexity index is 1130. The Hall–Kier alpha value is -3.87. The predicted octanol–water partition coefficient (Wildman–Crippen LogP) is 4.11. The molecule has 1 aliphatic rings. The number of benzene rings is 2. The molecule has 4 aromatic rings. The van der Waals surface area contributed by atoms with Crippen LogP contribution in [0.1, 0.15) is 5.56 Å². The summed E-state index contributed by atoms with van der Waals surface area (Å²) in [7, 11) is 0. The van der Waals surface area contributed by atoms with Gasteiger partial charge < -0.3 is 20.1 Å². The predicted molar refractivity (Wildman–Crippen MR) is 107 cm³/mol. The molecule has 0 saturated carbocycles. The third-order valence-electron chi connectivity index (χ3n) is 4.44. The molecule has 2 aromatic carbocycles. The first kappa shape index (κ1) is 16.3. The molecule has 7 nitrogen and oxygen atoms in total. The zero-order chi connectivity index (χ0) is 18.8. The highest BCUT2D eigenvalue weighted by atomic mass is 16.7. The van der Waals surface area contributed by atoms with Gasteiger partial charge in [-0.1, -0.05) is 30.3 Å². The molecule has 2 aromatic heterocycles. The second-order valence-electron chi connectivity index (χ2n) is 6.32. The number of anilines is 3. The standard InChI is InChI=1S/C21H17N5O2/c1-2-4-14(5-3-1)11-23-21-24-12-16-17(26-21)8-9-22-20(16)25-15-6-7-18-19(10-15)28-13-27-18/h1-10,12H,11,13H2,(H,22,25)(H,23,24,26). The highest BCUT2D eigenvalue weighted by molar-refractivity contribution is 5.90. The number of rotatable bonds is 5. The van der Waals surface area contributed by atoms with Crippen molar-refractivity contribution in [3.8, 4) is 11.5 Å². The first-order chi connectivity index (χ1) is 13.8. The Kier molecular flexibility index (Phi) is 4.10. The number of nitrogens with one attached hydrogen (secondary N) is 2. The van der Waals surface area contributed by atoms with E-state index in [0.29, 0.717) is 24.1 Å². The van der Waals surface area contributed by atoms with Gasteiger partial charge in [0.25, 0.3) is 0 Å². The molecule has 138 valence electrons. The first-order valence-corrected chi connectivity index (χ1v) is 8.91. The summed E-state index contributed by atoms with van der Waals surface area (Å²) in [6, 6.07) is 17.7. The fraction of sp³-hybridized carbons (Fsp3) is 0.0952. The van der Waals surface area contributed by atoms with Gasteiger partial charge in [-0.15, -0.1) is 0 Å². The van der Waals surface area contributed by atoms with Gasteiger partial charge >= 0.3 is 0 Å². The van der Waals surface area contributed by atoms with E-state index in [0.717, 1.165) is 22.3 Å². The van der Waals surface area contributed by atoms with Gasteiger partial charge in [0.05, 0.1) is 10.9 Å². The van der Waals surface area contributed by atoms with Crippen molar-refractivity contribution in [1.29, 1.82) is 0 Å². The van der Waals surface area contributed by atoms with Crippen LogP contribution in [0.15, 0.2) is 67.0 Å². The van der Waals surface area contributed by atoms with Crippen LogP contribution in [0, 0.1) is 0 Å². The van der Waals surface area contributed by atoms with Crippen LogP contribution < -0.4 is 20.1 Å². The lowest BCUT2D eigenvalue weighted by atomic mass is 10.2. The Morgan fingerprint density at radius 1 is 0.929 bits per heavy atom. The van der Waals surface area contributed by atoms with Gasteiger partial charge in [0.1, 0.15) is 5.82 Å². The molecule has 28 heavy (non-hydrogen) atoms. The fourth-order valence-corrected chi connectivity index (χ4v) is 3.03. The van der Waals surface area contributed by atoms with E-state index < -0.39 is 0 Å². The fourth-order valence-electron chi connectivity index (χ4n) is 3.03. The van der Waals surface area contributed by atoms with Gasteiger partial charge in [-0.25, -0.2) is 15.0 Å². The summed E-state index contributed by atoms with van der Waals surface area (Å²) in [5, 5.41) is 7.40. The summed E-state index contributed by atoms with van der Waals surface area (Å²) in [6.45, 7) is 0.914. The first-order valence-electron chi connectivity index (χ1n) is 8.91. The highest BCUT2D eigenvalue weighted by Gasteiger charge is 2.14. The molecular weight excluding hydrogens is 354 g/mol. The van der Waals surface area contributed by atoms with Crippen LogP contribution in [0.5, 0.6) is 11.5 Å². The maximum Gasteiger partial charge on any atom is 0.231 e. The summed E-state index contributed by atoms with van der Waals surface area (Å²) < 4.78 is 10.8. The van der Waals surface area contributed by atoms with Crippen LogP contribution in [-0.4, -0.2) is 21.7 Å². The molecule has 0 spiro atoms. The molecule has 5 rings (SSSR count). The van der Waals surface area contributed by atoms with E-state index in [1.807, 2.05) is 42.5 Å². The number of aromatic nitrogens is 3. The quantitative estimate of drug-likeness (QED) is 0.546. The second kappa shape index (κ2) is 7.03. The van der Waals surface area contributed by atoms with Crippen molar-refractivity contribution < 1.29 is 9.47 Å². The molecule has 0 fully saturated rings. The molecule has 3 heterocycles. The maximum atomic E-state index is 5.43. The van der Waals surface area contributed by atoms with Gasteiger partial charge in [-0.05, 0) is 23.8 Å². The topological polar surface area (TPSA) is 81.2 Å². The Labute approximate surface area is 161 Å². The van der Waals surface area contributed by atoms with Gasteiger partial charge in [0.15, 0.2) is 11.5 Å². The number of hydrogen-bond acceptors (Lipinski definition) is 7. The van der Waals surface area contributed by atoms with Crippen LogP contribution in [0.3, 0.4) is 0 Å². The van der Waals surface area contributed by atoms with E-state index in [1.165, 1.54) is 5.56 Å². The second-order valence-corrected chi connectivity index (χ2v) is 6.32. The Morgan fingerprint density at radius 3 is 2.75 bits per heavy atom. The SMILES string of the molecule is c1ccc(CNc2ncc3c(Nc4ccc5c(c4)OCO5)nccc3n2)cc1. The number of pyridine rings is 1. The van der Waals surface area contributed by atoms with Gasteiger partial charge in [0, 0.05) is 30.7 Å². The lowest BCUT2D eigenvalue weighted by Gasteiger charge is -2.10. The third-order valence-corrected chi connectivity index (χ3v) is 4.44. The summed E-state index contributed by atoms with van der Waals surface area (Å²) in [6.07, 6.45) is 3.50. The van der Waals surface area contributed by atoms with Crippen LogP contribution in [0.25, 0.3) is 10.9 Å². The van der Waals surface area contributed by atoms with Crippen molar-refractivity contribution >= 4 is 28.4 Å². The molecule has 1 aliphatic heterocycles. The van der Waals surface area contributed by atoms with E-state index in [-0.39, 0.29) is 6.79 Å². The van der Waals surface area contributed by atoms with E-state index >= 15 is 0 Å². The van der Waals surface area contributed by atoms with E-state index in [1.54, 1.807) is 12.4 Å². The molecule has 0 unspecified atom stereocenters. The van der Waals surface area contributed by atoms with Crippen molar-refractivity contribution in [2.45, 2.75) is 6.54 Å². The normalized spacial score (nSPS) is 12.1. The number of hydrogen-bond donors (Lipinski definition) is 2. The third kappa shape index (κ3) is 3.25. The highest BCUT2D eigenvalue weighted by Crippen LogP contribution is 2.35. The molecule has 0 saturated heterocycles. The van der Waals surface area contributed by atoms with Crippen molar-refractivity contribution in [1.82, 2.24) is 15.0 Å². The van der Waals surface area contributed by atoms with Gasteiger partial charge in [0.2, 0.25) is 12.7 Å². The Morgan fingerprint density at radius 2 is 1.82 bits per heavy atom. The molecule has 0 amide bonds. The minimum absolute atomic E-state index is 0.248. The molecule has 0 bridgehead atoms. The minimum atomic E-state index is 0.248. The van der Waals surface area contributed by atoms with Crippen LogP contribution in [0.4, 0.5) is 17.5 Å². The minimum Gasteiger partial charge on any atom is -0.454 e. The van der Waals surface area contributed by atoms with Crippen molar-refractivity contribution in [2.24, 2.45) is 0 Å². The lowest BCUT2D eigenvalue weighted by molar-refractivity contribution is 0.174. The largest absolute Gasteiger partial charge is 0.454 e. The smallest absolute Gasteiger partial charge is 0.231 e. The van der Waals surface area contributed by atoms with E-state index in [2.05, 4.69) is 37.7 Å². The van der Waals surface area contributed by atoms with Crippen LogP contribution in [-0.2, 0) is 6.54 Å². The summed E-state index contributed by atoms with van der Waals surface area (Å²) >= 11 is 0. The molecule has 2 N–H and O–H groups in total. The average Bonchev–Trinajstić information content (AvgIpc) is 3.21. The summed E-state index contributed by atoms with van der Waals surface area (Å²) in [5.74, 6) is 2.73. The molecule has 0 atom stereocenters. The number of fused-ring (bicyclic) bond motifs is 2. The molecular formula is C21H17N5O2. The van der Waals surface area contributed by atoms with E-state index in [9.17, 15) is 0 Å². The molecule has 0 aliphatic carbocycles. The zero-order valence-electron chi connectivity index (χ0n) is 14.9. The Balaban J connectivity index is 1.38. The van der Waals surface area contributed by atoms with Crippen LogP contribution in [0.2, 0.25) is 0 Å². The van der Waals surface area contributed by atoms with Crippen LogP contribution >= 0.6 is 0 Å². The summed E-state index contributed by atoms with van der Waals surface area (Å²) in [4.78, 5) is 13.5. The van der Waals surface area contributed by atoms with E-state index in [4.69, 9.17) is 9.47 Å². The van der Waals surface area contributed by atoms with Crippen molar-refractivity contribution in [3.05, 3.63) is 72.6 Å². The van der Waals surface area contributed by atoms with Gasteiger partial charge in [-0.2, -0.15) is 0 Å². The zero-order valence-corrected chi connectivity index (χ0v) is 14.9. The summed E-state index contributed by atoms with van der Waals surface area (Å²) in [5.41, 5.74) is 2.84. The number of nitrogens with zero attached hydrogens (tertiary/aromatic N) is 3. The maximum absolute atomic E-state index is 5.43. The lowest BCUT2D eigenvalue weighted by Crippen LogP contribution is -2.04. The molecule has 0 radical (unpaired) electrons. The van der Waals surface area contributed by atoms with Gasteiger partial charge in [-0.3, -0.25) is 0 Å². The molecule has 7 heteroatoms. The van der Waals surface area contributed by atoms with Crippen molar-refractivity contribution in [3.63, 3.8) is 0 Å².